The molecule has 2 nitrogen and oxygen atoms in total. The van der Waals surface area contributed by atoms with Crippen molar-refractivity contribution in [3.8, 4) is 0 Å². The van der Waals surface area contributed by atoms with E-state index in [4.69, 9.17) is 5.11 Å². The third-order valence-corrected chi connectivity index (χ3v) is 4.95. The van der Waals surface area contributed by atoms with Gasteiger partial charge in [0, 0.05) is 11.0 Å². The van der Waals surface area contributed by atoms with Crippen molar-refractivity contribution >= 4 is 17.7 Å². The van der Waals surface area contributed by atoms with Crippen molar-refractivity contribution in [2.24, 2.45) is 5.92 Å². The fourth-order valence-electron chi connectivity index (χ4n) is 2.38. The number of carbonyl (C=O) groups is 1. The van der Waals surface area contributed by atoms with Crippen LogP contribution in [0.3, 0.4) is 0 Å². The highest BCUT2D eigenvalue weighted by Gasteiger charge is 2.32. The minimum atomic E-state index is -0.621. The maximum absolute atomic E-state index is 11.1. The van der Waals surface area contributed by atoms with Gasteiger partial charge in [-0.15, -0.1) is 0 Å². The Bertz CT molecular complexity index is 403. The Hall–Kier alpha value is -0.960. The van der Waals surface area contributed by atoms with E-state index < -0.39 is 5.97 Å². The van der Waals surface area contributed by atoms with E-state index in [1.807, 2.05) is 12.1 Å². The normalized spacial score (nSPS) is 23.8. The maximum Gasteiger partial charge on any atom is 0.307 e. The largest absolute Gasteiger partial charge is 0.481 e. The smallest absolute Gasteiger partial charge is 0.307 e. The van der Waals surface area contributed by atoms with Crippen molar-refractivity contribution < 1.29 is 9.90 Å². The number of thioether (sulfide) groups is 1. The molecule has 92 valence electrons. The molecule has 1 fully saturated rings. The molecule has 1 aliphatic rings. The van der Waals surface area contributed by atoms with Gasteiger partial charge >= 0.3 is 5.97 Å². The maximum atomic E-state index is 11.1. The number of carboxylic acids is 1. The van der Waals surface area contributed by atoms with Crippen LogP contribution >= 0.6 is 11.8 Å². The van der Waals surface area contributed by atoms with Gasteiger partial charge in [-0.25, -0.2) is 0 Å². The Morgan fingerprint density at radius 3 is 2.88 bits per heavy atom. The fourth-order valence-corrected chi connectivity index (χ4v) is 3.91. The number of rotatable bonds is 4. The zero-order chi connectivity index (χ0) is 12.3. The van der Waals surface area contributed by atoms with Crippen LogP contribution in [0.5, 0.6) is 0 Å². The number of carboxylic acid groups (broad SMARTS) is 1. The van der Waals surface area contributed by atoms with Gasteiger partial charge in [0.1, 0.15) is 0 Å². The second-order valence-electron chi connectivity index (χ2n) is 4.65. The van der Waals surface area contributed by atoms with Crippen LogP contribution in [0, 0.1) is 12.8 Å². The van der Waals surface area contributed by atoms with Crippen molar-refractivity contribution in [2.45, 2.75) is 37.2 Å². The van der Waals surface area contributed by atoms with E-state index in [0.29, 0.717) is 5.25 Å². The van der Waals surface area contributed by atoms with E-state index in [0.717, 1.165) is 25.0 Å². The van der Waals surface area contributed by atoms with Crippen LogP contribution in [0.25, 0.3) is 0 Å². The van der Waals surface area contributed by atoms with E-state index in [1.54, 1.807) is 11.8 Å². The number of hydrogen-bond donors (Lipinski definition) is 1. The number of aliphatic carboxylic acids is 1. The molecule has 0 heterocycles. The number of aryl methyl sites for hydroxylation is 1. The zero-order valence-electron chi connectivity index (χ0n) is 10.1. The molecule has 0 spiro atoms. The van der Waals surface area contributed by atoms with Crippen LogP contribution in [-0.2, 0) is 10.5 Å². The highest BCUT2D eigenvalue weighted by molar-refractivity contribution is 7.99. The molecule has 2 atom stereocenters. The first kappa shape index (κ1) is 12.5. The molecule has 17 heavy (non-hydrogen) atoms. The first-order valence-electron chi connectivity index (χ1n) is 6.07. The molecule has 1 aromatic rings. The monoisotopic (exact) mass is 250 g/mol. The molecule has 0 amide bonds. The van der Waals surface area contributed by atoms with Crippen LogP contribution in [0.15, 0.2) is 24.3 Å². The summed E-state index contributed by atoms with van der Waals surface area (Å²) in [5.74, 6) is 0.176. The van der Waals surface area contributed by atoms with E-state index in [2.05, 4.69) is 19.1 Å². The molecule has 0 bridgehead atoms. The lowest BCUT2D eigenvalue weighted by atomic mass is 10.1. The Labute approximate surface area is 106 Å². The molecule has 1 aliphatic carbocycles. The molecular weight excluding hydrogens is 232 g/mol. The Morgan fingerprint density at radius 2 is 2.18 bits per heavy atom. The summed E-state index contributed by atoms with van der Waals surface area (Å²) in [7, 11) is 0. The first-order valence-corrected chi connectivity index (χ1v) is 7.12. The molecule has 1 saturated carbocycles. The average Bonchev–Trinajstić information content (AvgIpc) is 2.76. The molecule has 0 aliphatic heterocycles. The molecular formula is C14H18O2S. The van der Waals surface area contributed by atoms with Crippen LogP contribution < -0.4 is 0 Å². The van der Waals surface area contributed by atoms with Gasteiger partial charge in [0.05, 0.1) is 5.92 Å². The molecule has 0 aromatic heterocycles. The molecule has 1 aromatic carbocycles. The highest BCUT2D eigenvalue weighted by Crippen LogP contribution is 2.37. The minimum absolute atomic E-state index is 0.135. The van der Waals surface area contributed by atoms with Gasteiger partial charge in [0.25, 0.3) is 0 Å². The zero-order valence-corrected chi connectivity index (χ0v) is 10.9. The molecule has 2 unspecified atom stereocenters. The lowest BCUT2D eigenvalue weighted by molar-refractivity contribution is -0.141. The third kappa shape index (κ3) is 3.03. The number of benzene rings is 1. The van der Waals surface area contributed by atoms with Crippen molar-refractivity contribution in [3.05, 3.63) is 35.4 Å². The van der Waals surface area contributed by atoms with Crippen molar-refractivity contribution in [3.63, 3.8) is 0 Å². The molecule has 3 heteroatoms. The predicted octanol–water partition coefficient (Wildman–Crippen LogP) is 3.48. The molecule has 1 N–H and O–H groups in total. The summed E-state index contributed by atoms with van der Waals surface area (Å²) >= 11 is 1.81. The van der Waals surface area contributed by atoms with Crippen LogP contribution in [0.1, 0.15) is 30.4 Å². The highest BCUT2D eigenvalue weighted by atomic mass is 32.2. The van der Waals surface area contributed by atoms with Gasteiger partial charge in [-0.1, -0.05) is 30.7 Å². The first-order chi connectivity index (χ1) is 8.18. The van der Waals surface area contributed by atoms with E-state index in [9.17, 15) is 4.79 Å². The molecule has 0 saturated heterocycles. The second-order valence-corrected chi connectivity index (χ2v) is 5.88. The van der Waals surface area contributed by atoms with Crippen LogP contribution in [0.2, 0.25) is 0 Å². The van der Waals surface area contributed by atoms with Crippen LogP contribution in [-0.4, -0.2) is 16.3 Å². The summed E-state index contributed by atoms with van der Waals surface area (Å²) in [6, 6.07) is 8.33. The Kier molecular flexibility index (Phi) is 4.11. The third-order valence-electron chi connectivity index (χ3n) is 3.48. The van der Waals surface area contributed by atoms with E-state index in [1.165, 1.54) is 11.1 Å². The second kappa shape index (κ2) is 5.58. The number of hydrogen-bond acceptors (Lipinski definition) is 2. The van der Waals surface area contributed by atoms with Gasteiger partial charge < -0.3 is 5.11 Å². The minimum Gasteiger partial charge on any atom is -0.481 e. The van der Waals surface area contributed by atoms with Crippen LogP contribution in [0.4, 0.5) is 0 Å². The summed E-state index contributed by atoms with van der Waals surface area (Å²) < 4.78 is 0. The van der Waals surface area contributed by atoms with Gasteiger partial charge in [0.2, 0.25) is 0 Å². The Morgan fingerprint density at radius 1 is 1.41 bits per heavy atom. The van der Waals surface area contributed by atoms with Crippen molar-refractivity contribution in [1.29, 1.82) is 0 Å². The van der Waals surface area contributed by atoms with Crippen molar-refractivity contribution in [1.82, 2.24) is 0 Å². The van der Waals surface area contributed by atoms with Gasteiger partial charge in [-0.3, -0.25) is 4.79 Å². The average molecular weight is 250 g/mol. The molecule has 2 rings (SSSR count). The van der Waals surface area contributed by atoms with Gasteiger partial charge in [-0.2, -0.15) is 11.8 Å². The van der Waals surface area contributed by atoms with E-state index >= 15 is 0 Å². The summed E-state index contributed by atoms with van der Waals surface area (Å²) in [5.41, 5.74) is 2.62. The summed E-state index contributed by atoms with van der Waals surface area (Å²) in [6.07, 6.45) is 2.96. The standard InChI is InChI=1S/C14H18O2S/c1-10-5-2-3-6-11(10)9-17-13-8-4-7-12(13)14(15)16/h2-3,5-6,12-13H,4,7-9H2,1H3,(H,15,16). The SMILES string of the molecule is Cc1ccccc1CSC1CCCC1C(=O)O. The summed E-state index contributed by atoms with van der Waals surface area (Å²) in [5, 5.41) is 9.42. The van der Waals surface area contributed by atoms with Gasteiger partial charge in [-0.05, 0) is 30.9 Å². The topological polar surface area (TPSA) is 37.3 Å². The van der Waals surface area contributed by atoms with E-state index in [-0.39, 0.29) is 5.92 Å². The van der Waals surface area contributed by atoms with Gasteiger partial charge in [0.15, 0.2) is 0 Å². The summed E-state index contributed by atoms with van der Waals surface area (Å²) in [4.78, 5) is 11.1. The summed E-state index contributed by atoms with van der Waals surface area (Å²) in [6.45, 7) is 2.11. The molecule has 0 radical (unpaired) electrons. The quantitative estimate of drug-likeness (QED) is 0.889. The Balaban J connectivity index is 1.94. The fraction of sp³-hybridized carbons (Fsp3) is 0.500. The lowest BCUT2D eigenvalue weighted by Gasteiger charge is -2.15. The van der Waals surface area contributed by atoms with Crippen molar-refractivity contribution in [2.75, 3.05) is 0 Å². The predicted molar refractivity (Wildman–Crippen MR) is 71.2 cm³/mol. The lowest BCUT2D eigenvalue weighted by Crippen LogP contribution is -2.20.